The zero-order chi connectivity index (χ0) is 13.8. The Hall–Kier alpha value is -1.88. The van der Waals surface area contributed by atoms with Gasteiger partial charge in [-0.15, -0.1) is 0 Å². The zero-order valence-corrected chi connectivity index (χ0v) is 11.2. The Balaban J connectivity index is 2.61. The molecule has 0 atom stereocenters. The third kappa shape index (κ3) is 2.76. The lowest BCUT2D eigenvalue weighted by atomic mass is 10.1. The molecule has 2 aromatic rings. The number of hydrazine groups is 1. The number of aromatic nitrogens is 1. The Bertz CT molecular complexity index is 586. The molecule has 1 heterocycles. The topological polar surface area (TPSA) is 60.2 Å². The van der Waals surface area contributed by atoms with Gasteiger partial charge in [0, 0.05) is 17.1 Å². The van der Waals surface area contributed by atoms with Gasteiger partial charge >= 0.3 is 0 Å². The first-order valence-electron chi connectivity index (χ1n) is 6.42. The lowest BCUT2D eigenvalue weighted by Gasteiger charge is -2.11. The summed E-state index contributed by atoms with van der Waals surface area (Å²) in [5.41, 5.74) is 4.85. The van der Waals surface area contributed by atoms with E-state index in [1.165, 1.54) is 6.07 Å². The normalized spacial score (nSPS) is 10.7. The van der Waals surface area contributed by atoms with Gasteiger partial charge in [-0.3, -0.25) is 10.8 Å². The van der Waals surface area contributed by atoms with Crippen LogP contribution in [0, 0.1) is 5.82 Å². The van der Waals surface area contributed by atoms with Crippen molar-refractivity contribution in [3.8, 4) is 5.75 Å². The molecule has 1 aromatic heterocycles. The van der Waals surface area contributed by atoms with Crippen LogP contribution in [-0.2, 0) is 6.42 Å². The molecule has 1 aromatic carbocycles. The molecule has 0 aliphatic carbocycles. The van der Waals surface area contributed by atoms with Crippen molar-refractivity contribution in [2.45, 2.75) is 26.7 Å². The molecule has 102 valence electrons. The van der Waals surface area contributed by atoms with E-state index >= 15 is 0 Å². The molecular formula is C14H18FN3O. The van der Waals surface area contributed by atoms with Crippen LogP contribution in [0.5, 0.6) is 5.75 Å². The number of nitrogens with two attached hydrogens (primary N) is 1. The number of benzene rings is 1. The van der Waals surface area contributed by atoms with Crippen LogP contribution in [0.15, 0.2) is 18.2 Å². The van der Waals surface area contributed by atoms with Crippen LogP contribution in [0.25, 0.3) is 10.9 Å². The summed E-state index contributed by atoms with van der Waals surface area (Å²) in [5.74, 6) is 5.35. The Morgan fingerprint density at radius 1 is 1.32 bits per heavy atom. The summed E-state index contributed by atoms with van der Waals surface area (Å²) in [7, 11) is 0. The van der Waals surface area contributed by atoms with Gasteiger partial charge in [0.15, 0.2) is 11.6 Å². The molecule has 3 N–H and O–H groups in total. The lowest BCUT2D eigenvalue weighted by Crippen LogP contribution is -2.09. The maximum Gasteiger partial charge on any atom is 0.167 e. The van der Waals surface area contributed by atoms with Gasteiger partial charge < -0.3 is 10.2 Å². The van der Waals surface area contributed by atoms with Crippen molar-refractivity contribution in [3.05, 3.63) is 29.7 Å². The molecule has 0 saturated heterocycles. The number of pyridine rings is 1. The zero-order valence-electron chi connectivity index (χ0n) is 11.2. The number of fused-ring (bicyclic) bond motifs is 1. The van der Waals surface area contributed by atoms with Crippen LogP contribution in [0.3, 0.4) is 0 Å². The van der Waals surface area contributed by atoms with Crippen LogP contribution >= 0.6 is 0 Å². The van der Waals surface area contributed by atoms with E-state index in [1.807, 2.05) is 13.0 Å². The first-order valence-corrected chi connectivity index (χ1v) is 6.42. The van der Waals surface area contributed by atoms with Crippen LogP contribution in [-0.4, -0.2) is 11.6 Å². The highest BCUT2D eigenvalue weighted by atomic mass is 19.1. The van der Waals surface area contributed by atoms with E-state index in [2.05, 4.69) is 17.3 Å². The quantitative estimate of drug-likeness (QED) is 0.643. The fourth-order valence-electron chi connectivity index (χ4n) is 2.05. The van der Waals surface area contributed by atoms with Crippen LogP contribution < -0.4 is 16.0 Å². The SMILES string of the molecule is CCCc1cc(NN)c2cc(OCC)c(F)cc2n1. The Labute approximate surface area is 111 Å². The second-order valence-electron chi connectivity index (χ2n) is 4.29. The fourth-order valence-corrected chi connectivity index (χ4v) is 2.05. The number of halogens is 1. The lowest BCUT2D eigenvalue weighted by molar-refractivity contribution is 0.322. The van der Waals surface area contributed by atoms with Crippen molar-refractivity contribution in [3.63, 3.8) is 0 Å². The maximum absolute atomic E-state index is 13.8. The summed E-state index contributed by atoms with van der Waals surface area (Å²) in [4.78, 5) is 4.44. The molecule has 2 rings (SSSR count). The van der Waals surface area contributed by atoms with Crippen molar-refractivity contribution in [2.24, 2.45) is 5.84 Å². The second-order valence-corrected chi connectivity index (χ2v) is 4.29. The Kier molecular flexibility index (Phi) is 4.16. The Morgan fingerprint density at radius 2 is 2.11 bits per heavy atom. The van der Waals surface area contributed by atoms with E-state index in [0.29, 0.717) is 12.1 Å². The summed E-state index contributed by atoms with van der Waals surface area (Å²) in [5, 5.41) is 0.757. The number of nitrogens with zero attached hydrogens (tertiary/aromatic N) is 1. The molecule has 0 bridgehead atoms. The molecule has 0 amide bonds. The van der Waals surface area contributed by atoms with E-state index in [9.17, 15) is 4.39 Å². The molecule has 5 heteroatoms. The molecule has 19 heavy (non-hydrogen) atoms. The number of aryl methyl sites for hydroxylation is 1. The minimum atomic E-state index is -0.404. The molecule has 4 nitrogen and oxygen atoms in total. The Morgan fingerprint density at radius 3 is 2.74 bits per heavy atom. The molecular weight excluding hydrogens is 245 g/mol. The van der Waals surface area contributed by atoms with Gasteiger partial charge in [-0.05, 0) is 25.5 Å². The first-order chi connectivity index (χ1) is 9.19. The number of hydrogen-bond acceptors (Lipinski definition) is 4. The minimum absolute atomic E-state index is 0.219. The highest BCUT2D eigenvalue weighted by Crippen LogP contribution is 2.29. The third-order valence-corrected chi connectivity index (χ3v) is 2.88. The number of rotatable bonds is 5. The summed E-state index contributed by atoms with van der Waals surface area (Å²) >= 11 is 0. The predicted octanol–water partition coefficient (Wildman–Crippen LogP) is 3.01. The van der Waals surface area contributed by atoms with Gasteiger partial charge in [0.25, 0.3) is 0 Å². The highest BCUT2D eigenvalue weighted by molar-refractivity contribution is 5.92. The predicted molar refractivity (Wildman–Crippen MR) is 74.7 cm³/mol. The van der Waals surface area contributed by atoms with Gasteiger partial charge in [0.2, 0.25) is 0 Å². The van der Waals surface area contributed by atoms with Gasteiger partial charge in [0.05, 0.1) is 17.8 Å². The van der Waals surface area contributed by atoms with E-state index in [0.717, 1.165) is 29.6 Å². The molecule has 0 radical (unpaired) electrons. The summed E-state index contributed by atoms with van der Waals surface area (Å²) in [6.45, 7) is 4.30. The van der Waals surface area contributed by atoms with Gasteiger partial charge in [-0.1, -0.05) is 13.3 Å². The smallest absolute Gasteiger partial charge is 0.167 e. The summed E-state index contributed by atoms with van der Waals surface area (Å²) < 4.78 is 19.1. The molecule has 0 aliphatic rings. The van der Waals surface area contributed by atoms with Crippen LogP contribution in [0.2, 0.25) is 0 Å². The summed E-state index contributed by atoms with van der Waals surface area (Å²) in [6.07, 6.45) is 1.81. The molecule has 0 unspecified atom stereocenters. The first kappa shape index (κ1) is 13.5. The van der Waals surface area contributed by atoms with Crippen molar-refractivity contribution in [2.75, 3.05) is 12.0 Å². The standard InChI is InChI=1S/C14H18FN3O/c1-3-5-9-6-13(18-16)10-7-14(19-4-2)11(15)8-12(10)17-9/h6-8H,3-5,16H2,1-2H3,(H,17,18). The van der Waals surface area contributed by atoms with Crippen molar-refractivity contribution in [1.82, 2.24) is 4.98 Å². The van der Waals surface area contributed by atoms with Crippen LogP contribution in [0.1, 0.15) is 26.0 Å². The monoisotopic (exact) mass is 263 g/mol. The van der Waals surface area contributed by atoms with Gasteiger partial charge in [-0.2, -0.15) is 0 Å². The highest BCUT2D eigenvalue weighted by Gasteiger charge is 2.11. The number of hydrogen-bond donors (Lipinski definition) is 2. The maximum atomic E-state index is 13.8. The minimum Gasteiger partial charge on any atom is -0.491 e. The third-order valence-electron chi connectivity index (χ3n) is 2.88. The van der Waals surface area contributed by atoms with E-state index in [1.54, 1.807) is 6.07 Å². The van der Waals surface area contributed by atoms with E-state index < -0.39 is 5.82 Å². The van der Waals surface area contributed by atoms with Crippen molar-refractivity contribution in [1.29, 1.82) is 0 Å². The van der Waals surface area contributed by atoms with Gasteiger partial charge in [-0.25, -0.2) is 4.39 Å². The van der Waals surface area contributed by atoms with Crippen LogP contribution in [0.4, 0.5) is 10.1 Å². The molecule has 0 saturated carbocycles. The number of ether oxygens (including phenoxy) is 1. The van der Waals surface area contributed by atoms with Crippen molar-refractivity contribution >= 4 is 16.6 Å². The summed E-state index contributed by atoms with van der Waals surface area (Å²) in [6, 6.07) is 4.91. The van der Waals surface area contributed by atoms with E-state index in [-0.39, 0.29) is 5.75 Å². The molecule has 0 spiro atoms. The fraction of sp³-hybridized carbons (Fsp3) is 0.357. The number of nitrogen functional groups attached to an aromatic ring is 1. The van der Waals surface area contributed by atoms with Crippen molar-refractivity contribution < 1.29 is 9.13 Å². The molecule has 0 aliphatic heterocycles. The molecule has 0 fully saturated rings. The van der Waals surface area contributed by atoms with E-state index in [4.69, 9.17) is 10.6 Å². The largest absolute Gasteiger partial charge is 0.491 e. The number of anilines is 1. The second kappa shape index (κ2) is 5.84. The number of nitrogens with one attached hydrogen (secondary N) is 1. The van der Waals surface area contributed by atoms with Gasteiger partial charge in [0.1, 0.15) is 0 Å². The average molecular weight is 263 g/mol. The average Bonchev–Trinajstić information content (AvgIpc) is 2.39.